The molecule has 0 saturated heterocycles. The van der Waals surface area contributed by atoms with Crippen LogP contribution >= 0.6 is 0 Å². The highest BCUT2D eigenvalue weighted by atomic mass is 32.2. The molecule has 3 aromatic rings. The van der Waals surface area contributed by atoms with Crippen molar-refractivity contribution in [1.29, 1.82) is 0 Å². The second-order valence-electron chi connectivity index (χ2n) is 7.31. The first kappa shape index (κ1) is 21.0. The summed E-state index contributed by atoms with van der Waals surface area (Å²) >= 11 is 0. The van der Waals surface area contributed by atoms with Crippen LogP contribution in [0.5, 0.6) is 0 Å². The summed E-state index contributed by atoms with van der Waals surface area (Å²) in [5.74, 6) is 0.879. The van der Waals surface area contributed by atoms with Gasteiger partial charge in [0.2, 0.25) is 0 Å². The van der Waals surface area contributed by atoms with E-state index in [0.717, 1.165) is 56.0 Å². The molecule has 31 heavy (non-hydrogen) atoms. The topological polar surface area (TPSA) is 106 Å². The summed E-state index contributed by atoms with van der Waals surface area (Å²) in [4.78, 5) is 12.4. The average molecular weight is 444 g/mol. The summed E-state index contributed by atoms with van der Waals surface area (Å²) < 4.78 is 42.3. The Morgan fingerprint density at radius 3 is 2.48 bits per heavy atom. The number of sulfonamides is 1. The van der Waals surface area contributed by atoms with Gasteiger partial charge in [0.15, 0.2) is 5.82 Å². The van der Waals surface area contributed by atoms with E-state index in [0.29, 0.717) is 11.3 Å². The van der Waals surface area contributed by atoms with Crippen LogP contribution in [0.1, 0.15) is 41.3 Å². The van der Waals surface area contributed by atoms with Gasteiger partial charge in [-0.25, -0.2) is 12.8 Å². The van der Waals surface area contributed by atoms with Gasteiger partial charge in [0.05, 0.1) is 11.4 Å². The summed E-state index contributed by atoms with van der Waals surface area (Å²) in [5, 5.41) is 11.2. The van der Waals surface area contributed by atoms with Crippen molar-refractivity contribution in [2.75, 3.05) is 4.72 Å². The minimum Gasteiger partial charge on any atom is -0.345 e. The zero-order valence-corrected chi connectivity index (χ0v) is 17.5. The Labute approximate surface area is 179 Å². The van der Waals surface area contributed by atoms with Crippen LogP contribution in [0.4, 0.5) is 10.1 Å². The Kier molecular flexibility index (Phi) is 5.99. The minimum atomic E-state index is -3.85. The monoisotopic (exact) mass is 443 g/mol. The maximum atomic E-state index is 13.0. The second kappa shape index (κ2) is 8.84. The van der Waals surface area contributed by atoms with Gasteiger partial charge in [-0.2, -0.15) is 0 Å². The summed E-state index contributed by atoms with van der Waals surface area (Å²) in [5.41, 5.74) is 0.684. The van der Waals surface area contributed by atoms with Gasteiger partial charge in [-0.05, 0) is 61.4 Å². The zero-order valence-electron chi connectivity index (χ0n) is 16.7. The van der Waals surface area contributed by atoms with Gasteiger partial charge < -0.3 is 9.88 Å². The van der Waals surface area contributed by atoms with Gasteiger partial charge in [-0.3, -0.25) is 9.52 Å². The lowest BCUT2D eigenvalue weighted by molar-refractivity contribution is 0.0949. The molecule has 1 aliphatic heterocycles. The number of amides is 1. The largest absolute Gasteiger partial charge is 0.345 e. The number of fused-ring (bicyclic) bond motifs is 1. The number of hydrogen-bond acceptors (Lipinski definition) is 5. The quantitative estimate of drug-likeness (QED) is 0.609. The smallest absolute Gasteiger partial charge is 0.261 e. The van der Waals surface area contributed by atoms with Crippen LogP contribution in [0.15, 0.2) is 53.4 Å². The van der Waals surface area contributed by atoms with E-state index in [1.54, 1.807) is 0 Å². The van der Waals surface area contributed by atoms with Crippen LogP contribution in [0.25, 0.3) is 0 Å². The Morgan fingerprint density at radius 1 is 1.00 bits per heavy atom. The van der Waals surface area contributed by atoms with Crippen molar-refractivity contribution in [3.63, 3.8) is 0 Å². The third kappa shape index (κ3) is 4.91. The van der Waals surface area contributed by atoms with E-state index in [9.17, 15) is 17.6 Å². The molecular weight excluding hydrogens is 421 g/mol. The van der Waals surface area contributed by atoms with E-state index in [1.807, 2.05) is 0 Å². The first-order valence-corrected chi connectivity index (χ1v) is 11.5. The maximum Gasteiger partial charge on any atom is 0.261 e. The summed E-state index contributed by atoms with van der Waals surface area (Å²) in [7, 11) is -3.85. The third-order valence-electron chi connectivity index (χ3n) is 5.12. The highest BCUT2D eigenvalue weighted by Crippen LogP contribution is 2.18. The summed E-state index contributed by atoms with van der Waals surface area (Å²) in [6, 6.07) is 10.6. The third-order valence-corrected chi connectivity index (χ3v) is 6.51. The SMILES string of the molecule is O=C(NCc1nnc2n1CCCCC2)c1ccc(NS(=O)(=O)c2ccc(F)cc2)cc1. The van der Waals surface area contributed by atoms with Crippen LogP contribution < -0.4 is 10.0 Å². The highest BCUT2D eigenvalue weighted by molar-refractivity contribution is 7.92. The molecule has 4 rings (SSSR count). The molecule has 1 amide bonds. The molecule has 0 radical (unpaired) electrons. The molecule has 1 aliphatic rings. The Bertz CT molecular complexity index is 1170. The van der Waals surface area contributed by atoms with E-state index in [1.165, 1.54) is 36.4 Å². The number of halogens is 1. The van der Waals surface area contributed by atoms with Crippen molar-refractivity contribution in [2.45, 2.75) is 43.7 Å². The molecule has 8 nitrogen and oxygen atoms in total. The van der Waals surface area contributed by atoms with Crippen LogP contribution in [0, 0.1) is 5.82 Å². The molecule has 0 unspecified atom stereocenters. The number of nitrogens with one attached hydrogen (secondary N) is 2. The maximum absolute atomic E-state index is 13.0. The standard InChI is InChI=1S/C21H22FN5O3S/c22-16-7-11-18(12-8-16)31(29,30)26-17-9-5-15(6-10-17)21(28)23-14-20-25-24-19-4-2-1-3-13-27(19)20/h5-12,26H,1-4,13-14H2,(H,23,28). The molecule has 10 heteroatoms. The molecule has 0 bridgehead atoms. The lowest BCUT2D eigenvalue weighted by atomic mass is 10.2. The number of hydrogen-bond donors (Lipinski definition) is 2. The fourth-order valence-electron chi connectivity index (χ4n) is 3.45. The fourth-order valence-corrected chi connectivity index (χ4v) is 4.51. The zero-order chi connectivity index (χ0) is 21.8. The van der Waals surface area contributed by atoms with Crippen molar-refractivity contribution in [3.05, 3.63) is 71.6 Å². The molecule has 2 heterocycles. The predicted molar refractivity (Wildman–Crippen MR) is 112 cm³/mol. The molecule has 0 atom stereocenters. The van der Waals surface area contributed by atoms with Crippen LogP contribution in [0.3, 0.4) is 0 Å². The van der Waals surface area contributed by atoms with E-state index >= 15 is 0 Å². The lowest BCUT2D eigenvalue weighted by Crippen LogP contribution is -2.25. The average Bonchev–Trinajstić information content (AvgIpc) is 2.98. The normalized spacial score (nSPS) is 13.8. The van der Waals surface area contributed by atoms with Crippen LogP contribution in [-0.4, -0.2) is 29.1 Å². The highest BCUT2D eigenvalue weighted by Gasteiger charge is 2.17. The fraction of sp³-hybridized carbons (Fsp3) is 0.286. The molecular formula is C21H22FN5O3S. The van der Waals surface area contributed by atoms with Gasteiger partial charge in [0, 0.05) is 24.2 Å². The second-order valence-corrected chi connectivity index (χ2v) is 9.00. The molecule has 1 aromatic heterocycles. The molecule has 0 aliphatic carbocycles. The first-order valence-electron chi connectivity index (χ1n) is 10.00. The van der Waals surface area contributed by atoms with Gasteiger partial charge in [-0.1, -0.05) is 6.42 Å². The van der Waals surface area contributed by atoms with Crippen molar-refractivity contribution in [3.8, 4) is 0 Å². The lowest BCUT2D eigenvalue weighted by Gasteiger charge is -2.10. The van der Waals surface area contributed by atoms with E-state index < -0.39 is 15.8 Å². The molecule has 0 fully saturated rings. The number of carbonyl (C=O) groups excluding carboxylic acids is 1. The van der Waals surface area contributed by atoms with E-state index in [2.05, 4.69) is 24.8 Å². The summed E-state index contributed by atoms with van der Waals surface area (Å²) in [6.07, 6.45) is 4.23. The van der Waals surface area contributed by atoms with Gasteiger partial charge >= 0.3 is 0 Å². The summed E-state index contributed by atoms with van der Waals surface area (Å²) in [6.45, 7) is 1.13. The Morgan fingerprint density at radius 2 is 1.74 bits per heavy atom. The van der Waals surface area contributed by atoms with Gasteiger partial charge in [0.1, 0.15) is 11.6 Å². The molecule has 162 valence electrons. The van der Waals surface area contributed by atoms with E-state index in [-0.39, 0.29) is 17.3 Å². The molecule has 2 aromatic carbocycles. The van der Waals surface area contributed by atoms with Crippen molar-refractivity contribution >= 4 is 21.6 Å². The van der Waals surface area contributed by atoms with Crippen molar-refractivity contribution in [1.82, 2.24) is 20.1 Å². The molecule has 0 spiro atoms. The number of rotatable bonds is 6. The Balaban J connectivity index is 1.38. The van der Waals surface area contributed by atoms with Crippen LogP contribution in [0.2, 0.25) is 0 Å². The minimum absolute atomic E-state index is 0.0526. The molecule has 0 saturated carbocycles. The predicted octanol–water partition coefficient (Wildman–Crippen LogP) is 2.87. The first-order chi connectivity index (χ1) is 14.9. The number of aromatic nitrogens is 3. The van der Waals surface area contributed by atoms with Crippen molar-refractivity contribution < 1.29 is 17.6 Å². The molecule has 2 N–H and O–H groups in total. The number of aryl methyl sites for hydroxylation is 1. The number of carbonyl (C=O) groups is 1. The van der Waals surface area contributed by atoms with Crippen molar-refractivity contribution in [2.24, 2.45) is 0 Å². The number of benzene rings is 2. The van der Waals surface area contributed by atoms with Crippen LogP contribution in [-0.2, 0) is 29.5 Å². The van der Waals surface area contributed by atoms with E-state index in [4.69, 9.17) is 0 Å². The van der Waals surface area contributed by atoms with Gasteiger partial charge in [0.25, 0.3) is 15.9 Å². The number of anilines is 1. The Hall–Kier alpha value is -3.27. The number of nitrogens with zero attached hydrogens (tertiary/aromatic N) is 3. The van der Waals surface area contributed by atoms with Gasteiger partial charge in [-0.15, -0.1) is 10.2 Å².